The number of halogens is 2. The number of carbonyl (C=O) groups excluding carboxylic acids is 1. The van der Waals surface area contributed by atoms with Gasteiger partial charge in [0, 0.05) is 18.7 Å². The van der Waals surface area contributed by atoms with E-state index in [1.807, 2.05) is 0 Å². The summed E-state index contributed by atoms with van der Waals surface area (Å²) in [5.41, 5.74) is 1.94. The second-order valence-corrected chi connectivity index (χ2v) is 5.39. The van der Waals surface area contributed by atoms with E-state index >= 15 is 0 Å². The maximum atomic E-state index is 13.6. The summed E-state index contributed by atoms with van der Waals surface area (Å²) in [6.45, 7) is 3.38. The molecule has 3 rings (SSSR count). The maximum Gasteiger partial charge on any atom is 0.246 e. The van der Waals surface area contributed by atoms with Gasteiger partial charge in [-0.05, 0) is 37.3 Å². The zero-order chi connectivity index (χ0) is 17.3. The molecule has 1 aromatic heterocycles. The second kappa shape index (κ2) is 6.27. The van der Waals surface area contributed by atoms with E-state index in [2.05, 4.69) is 15.6 Å². The van der Waals surface area contributed by atoms with Crippen LogP contribution in [0, 0.1) is 18.6 Å². The summed E-state index contributed by atoms with van der Waals surface area (Å²) in [5, 5.41) is 5.43. The average molecular weight is 331 g/mol. The number of benzene rings is 2. The minimum Gasteiger partial charge on any atom is -0.441 e. The topological polar surface area (TPSA) is 67.2 Å². The van der Waals surface area contributed by atoms with E-state index in [1.54, 1.807) is 32.0 Å². The van der Waals surface area contributed by atoms with Gasteiger partial charge < -0.3 is 15.1 Å². The highest BCUT2D eigenvalue weighted by Crippen LogP contribution is 2.21. The van der Waals surface area contributed by atoms with Gasteiger partial charge in [-0.2, -0.15) is 0 Å². The third kappa shape index (κ3) is 3.34. The van der Waals surface area contributed by atoms with E-state index in [9.17, 15) is 13.6 Å². The third-order valence-corrected chi connectivity index (χ3v) is 3.46. The van der Waals surface area contributed by atoms with E-state index in [0.29, 0.717) is 28.7 Å². The minimum absolute atomic E-state index is 0.0716. The summed E-state index contributed by atoms with van der Waals surface area (Å²) in [6, 6.07) is 7.61. The first-order valence-electron chi connectivity index (χ1n) is 7.32. The molecule has 0 aliphatic heterocycles. The molecule has 1 amide bonds. The van der Waals surface area contributed by atoms with Crippen LogP contribution in [-0.2, 0) is 4.79 Å². The lowest BCUT2D eigenvalue weighted by molar-refractivity contribution is -0.116. The summed E-state index contributed by atoms with van der Waals surface area (Å²) in [5.74, 6) is -1.42. The molecular weight excluding hydrogens is 316 g/mol. The van der Waals surface area contributed by atoms with Crippen LogP contribution in [0.15, 0.2) is 40.8 Å². The Hall–Kier alpha value is -2.96. The average Bonchev–Trinajstić information content (AvgIpc) is 2.89. The molecule has 1 heterocycles. The Morgan fingerprint density at radius 1 is 1.21 bits per heavy atom. The Balaban J connectivity index is 1.70. The van der Waals surface area contributed by atoms with Crippen molar-refractivity contribution >= 4 is 28.4 Å². The predicted molar refractivity (Wildman–Crippen MR) is 86.8 cm³/mol. The number of anilines is 2. The van der Waals surface area contributed by atoms with Crippen LogP contribution >= 0.6 is 0 Å². The quantitative estimate of drug-likeness (QED) is 0.762. The summed E-state index contributed by atoms with van der Waals surface area (Å²) in [4.78, 5) is 16.4. The van der Waals surface area contributed by atoms with Crippen molar-refractivity contribution in [2.75, 3.05) is 10.6 Å². The number of amides is 1. The highest BCUT2D eigenvalue weighted by atomic mass is 19.1. The van der Waals surface area contributed by atoms with Gasteiger partial charge in [0.2, 0.25) is 5.91 Å². The van der Waals surface area contributed by atoms with Gasteiger partial charge in [-0.1, -0.05) is 0 Å². The molecule has 0 aliphatic rings. The Morgan fingerprint density at radius 3 is 2.75 bits per heavy atom. The Kier molecular flexibility index (Phi) is 4.16. The largest absolute Gasteiger partial charge is 0.441 e. The van der Waals surface area contributed by atoms with Gasteiger partial charge in [-0.3, -0.25) is 4.79 Å². The minimum atomic E-state index is -0.824. The van der Waals surface area contributed by atoms with Crippen LogP contribution in [0.25, 0.3) is 11.1 Å². The normalized spacial score (nSPS) is 12.2. The first-order valence-corrected chi connectivity index (χ1v) is 7.32. The summed E-state index contributed by atoms with van der Waals surface area (Å²) in [6.07, 6.45) is 0. The molecule has 0 aliphatic carbocycles. The van der Waals surface area contributed by atoms with Crippen molar-refractivity contribution in [3.8, 4) is 0 Å². The molecule has 0 saturated carbocycles. The molecule has 0 saturated heterocycles. The van der Waals surface area contributed by atoms with Crippen molar-refractivity contribution in [3.63, 3.8) is 0 Å². The number of carbonyl (C=O) groups is 1. The fourth-order valence-electron chi connectivity index (χ4n) is 2.28. The first-order chi connectivity index (χ1) is 11.4. The first kappa shape index (κ1) is 15.9. The van der Waals surface area contributed by atoms with Crippen LogP contribution < -0.4 is 10.6 Å². The zero-order valence-electron chi connectivity index (χ0n) is 13.1. The number of hydrogen-bond acceptors (Lipinski definition) is 4. The highest BCUT2D eigenvalue weighted by Gasteiger charge is 2.15. The van der Waals surface area contributed by atoms with E-state index in [1.165, 1.54) is 6.07 Å². The molecule has 1 atom stereocenters. The number of nitrogens with one attached hydrogen (secondary N) is 2. The molecule has 0 radical (unpaired) electrons. The number of fused-ring (bicyclic) bond motifs is 1. The Bertz CT molecular complexity index is 908. The van der Waals surface area contributed by atoms with Crippen molar-refractivity contribution in [1.82, 2.24) is 4.98 Å². The van der Waals surface area contributed by atoms with Crippen molar-refractivity contribution in [2.45, 2.75) is 19.9 Å². The van der Waals surface area contributed by atoms with Gasteiger partial charge in [-0.15, -0.1) is 0 Å². The SMILES string of the molecule is Cc1nc2cc(NC(C)C(=O)Nc3ccc(F)cc3F)ccc2o1. The summed E-state index contributed by atoms with van der Waals surface area (Å²) < 4.78 is 31.9. The lowest BCUT2D eigenvalue weighted by Crippen LogP contribution is -2.32. The van der Waals surface area contributed by atoms with Crippen LogP contribution in [0.5, 0.6) is 0 Å². The van der Waals surface area contributed by atoms with Crippen LogP contribution in [0.4, 0.5) is 20.2 Å². The van der Waals surface area contributed by atoms with Crippen LogP contribution in [-0.4, -0.2) is 16.9 Å². The molecule has 0 fully saturated rings. The zero-order valence-corrected chi connectivity index (χ0v) is 13.1. The lowest BCUT2D eigenvalue weighted by atomic mass is 10.2. The molecule has 124 valence electrons. The number of oxazole rings is 1. The van der Waals surface area contributed by atoms with E-state index in [-0.39, 0.29) is 5.69 Å². The lowest BCUT2D eigenvalue weighted by Gasteiger charge is -2.15. The van der Waals surface area contributed by atoms with E-state index in [4.69, 9.17) is 4.42 Å². The van der Waals surface area contributed by atoms with Gasteiger partial charge in [-0.25, -0.2) is 13.8 Å². The fourth-order valence-corrected chi connectivity index (χ4v) is 2.28. The number of aryl methyl sites for hydroxylation is 1. The Labute approximate surface area is 136 Å². The predicted octanol–water partition coefficient (Wildman–Crippen LogP) is 3.85. The van der Waals surface area contributed by atoms with E-state index < -0.39 is 23.6 Å². The number of rotatable bonds is 4. The van der Waals surface area contributed by atoms with Crippen molar-refractivity contribution in [2.24, 2.45) is 0 Å². The van der Waals surface area contributed by atoms with E-state index in [0.717, 1.165) is 6.07 Å². The molecule has 0 bridgehead atoms. The van der Waals surface area contributed by atoms with Gasteiger partial charge in [0.15, 0.2) is 11.5 Å². The molecule has 1 unspecified atom stereocenters. The second-order valence-electron chi connectivity index (χ2n) is 5.39. The van der Waals surface area contributed by atoms with Gasteiger partial charge >= 0.3 is 0 Å². The number of nitrogens with zero attached hydrogens (tertiary/aromatic N) is 1. The van der Waals surface area contributed by atoms with Gasteiger partial charge in [0.05, 0.1) is 5.69 Å². The van der Waals surface area contributed by atoms with Crippen molar-refractivity contribution in [3.05, 3.63) is 53.9 Å². The molecule has 24 heavy (non-hydrogen) atoms. The molecule has 7 heteroatoms. The van der Waals surface area contributed by atoms with Crippen LogP contribution in [0.2, 0.25) is 0 Å². The molecule has 0 spiro atoms. The Morgan fingerprint density at radius 2 is 2.00 bits per heavy atom. The van der Waals surface area contributed by atoms with Crippen LogP contribution in [0.1, 0.15) is 12.8 Å². The highest BCUT2D eigenvalue weighted by molar-refractivity contribution is 5.96. The number of aromatic nitrogens is 1. The van der Waals surface area contributed by atoms with Gasteiger partial charge in [0.25, 0.3) is 0 Å². The standard InChI is InChI=1S/C17H15F2N3O2/c1-9(17(23)22-14-5-3-11(18)7-13(14)19)20-12-4-6-16-15(8-12)21-10(2)24-16/h3-9,20H,1-2H3,(H,22,23). The smallest absolute Gasteiger partial charge is 0.246 e. The third-order valence-electron chi connectivity index (χ3n) is 3.46. The molecule has 5 nitrogen and oxygen atoms in total. The molecule has 3 aromatic rings. The fraction of sp³-hybridized carbons (Fsp3) is 0.176. The van der Waals surface area contributed by atoms with Gasteiger partial charge in [0.1, 0.15) is 23.2 Å². The molecular formula is C17H15F2N3O2. The molecule has 2 N–H and O–H groups in total. The van der Waals surface area contributed by atoms with Crippen LogP contribution in [0.3, 0.4) is 0 Å². The maximum absolute atomic E-state index is 13.6. The summed E-state index contributed by atoms with van der Waals surface area (Å²) >= 11 is 0. The molecule has 2 aromatic carbocycles. The summed E-state index contributed by atoms with van der Waals surface area (Å²) in [7, 11) is 0. The number of hydrogen-bond donors (Lipinski definition) is 2. The monoisotopic (exact) mass is 331 g/mol. The van der Waals surface area contributed by atoms with Crippen molar-refractivity contribution in [1.29, 1.82) is 0 Å². The van der Waals surface area contributed by atoms with Crippen molar-refractivity contribution < 1.29 is 18.0 Å².